The van der Waals surface area contributed by atoms with E-state index in [0.29, 0.717) is 5.82 Å². The Morgan fingerprint density at radius 1 is 1.06 bits per heavy atom. The van der Waals surface area contributed by atoms with Gasteiger partial charge in [0.05, 0.1) is 12.4 Å². The molecule has 0 atom stereocenters. The number of carbonyl (C=O) groups is 2. The summed E-state index contributed by atoms with van der Waals surface area (Å²) in [6.07, 6.45) is 3.88. The van der Waals surface area contributed by atoms with Crippen LogP contribution in [0.3, 0.4) is 0 Å². The molecule has 0 saturated heterocycles. The zero-order valence-electron chi connectivity index (χ0n) is 9.20. The van der Waals surface area contributed by atoms with Crippen LogP contribution in [0.15, 0.2) is 36.8 Å². The number of carbonyl (C=O) groups excluding carboxylic acids is 2. The van der Waals surface area contributed by atoms with Crippen molar-refractivity contribution in [2.24, 2.45) is 5.73 Å². The van der Waals surface area contributed by atoms with Gasteiger partial charge in [0.1, 0.15) is 17.2 Å². The van der Waals surface area contributed by atoms with Gasteiger partial charge in [-0.05, 0) is 12.1 Å². The van der Waals surface area contributed by atoms with Crippen LogP contribution in [-0.4, -0.2) is 26.8 Å². The fraction of sp³-hybridized carbons (Fsp3) is 0. The highest BCUT2D eigenvalue weighted by Crippen LogP contribution is 2.03. The Hall–Kier alpha value is -2.83. The number of nitrogens with one attached hydrogen (secondary N) is 1. The van der Waals surface area contributed by atoms with Crippen LogP contribution in [0.1, 0.15) is 21.0 Å². The first-order chi connectivity index (χ1) is 8.66. The zero-order chi connectivity index (χ0) is 13.0. The van der Waals surface area contributed by atoms with Crippen molar-refractivity contribution in [3.8, 4) is 0 Å². The van der Waals surface area contributed by atoms with Gasteiger partial charge in [0, 0.05) is 6.20 Å². The van der Waals surface area contributed by atoms with Crippen LogP contribution in [-0.2, 0) is 0 Å². The molecule has 2 amide bonds. The monoisotopic (exact) mass is 243 g/mol. The van der Waals surface area contributed by atoms with Gasteiger partial charge in [0.2, 0.25) is 0 Å². The van der Waals surface area contributed by atoms with Crippen LogP contribution in [0.2, 0.25) is 0 Å². The lowest BCUT2D eigenvalue weighted by molar-refractivity contribution is 0.0988. The second kappa shape index (κ2) is 5.00. The number of rotatable bonds is 3. The number of amides is 2. The van der Waals surface area contributed by atoms with Crippen molar-refractivity contribution in [1.82, 2.24) is 15.0 Å². The zero-order valence-corrected chi connectivity index (χ0v) is 9.20. The average molecular weight is 243 g/mol. The standard InChI is InChI=1S/C11H9N5O2/c12-10(17)7-5-15-8(6-14-7)11(18)16-9-3-1-2-4-13-9/h1-6H,(H2,12,17)(H,13,16,18). The molecule has 0 fully saturated rings. The minimum absolute atomic E-state index is 0.00406. The Morgan fingerprint density at radius 3 is 2.33 bits per heavy atom. The number of pyridine rings is 1. The summed E-state index contributed by atoms with van der Waals surface area (Å²) in [6, 6.07) is 5.12. The molecule has 3 N–H and O–H groups in total. The minimum atomic E-state index is -0.695. The quantitative estimate of drug-likeness (QED) is 0.801. The fourth-order valence-corrected chi connectivity index (χ4v) is 1.19. The third kappa shape index (κ3) is 2.64. The first-order valence-corrected chi connectivity index (χ1v) is 5.01. The van der Waals surface area contributed by atoms with Crippen molar-refractivity contribution in [1.29, 1.82) is 0 Å². The topological polar surface area (TPSA) is 111 Å². The highest BCUT2D eigenvalue weighted by Gasteiger charge is 2.10. The van der Waals surface area contributed by atoms with Crippen molar-refractivity contribution < 1.29 is 9.59 Å². The molecule has 0 spiro atoms. The molecule has 90 valence electrons. The summed E-state index contributed by atoms with van der Waals surface area (Å²) in [6.45, 7) is 0. The van der Waals surface area contributed by atoms with Gasteiger partial charge in [-0.2, -0.15) is 0 Å². The van der Waals surface area contributed by atoms with Gasteiger partial charge >= 0.3 is 0 Å². The van der Waals surface area contributed by atoms with Crippen LogP contribution >= 0.6 is 0 Å². The van der Waals surface area contributed by atoms with Gasteiger partial charge in [-0.25, -0.2) is 15.0 Å². The minimum Gasteiger partial charge on any atom is -0.364 e. The molecule has 0 unspecified atom stereocenters. The normalized spacial score (nSPS) is 9.78. The Morgan fingerprint density at radius 2 is 1.78 bits per heavy atom. The SMILES string of the molecule is NC(=O)c1cnc(C(=O)Nc2ccccn2)cn1. The predicted molar refractivity (Wildman–Crippen MR) is 62.7 cm³/mol. The molecule has 0 aromatic carbocycles. The van der Waals surface area contributed by atoms with E-state index in [9.17, 15) is 9.59 Å². The Kier molecular flexibility index (Phi) is 3.24. The molecule has 0 aliphatic rings. The van der Waals surface area contributed by atoms with E-state index in [0.717, 1.165) is 6.20 Å². The molecule has 7 nitrogen and oxygen atoms in total. The van der Waals surface area contributed by atoms with Gasteiger partial charge in [0.15, 0.2) is 0 Å². The fourth-order valence-electron chi connectivity index (χ4n) is 1.19. The summed E-state index contributed by atoms with van der Waals surface area (Å²) in [4.78, 5) is 34.0. The Balaban J connectivity index is 2.12. The number of hydrogen-bond acceptors (Lipinski definition) is 5. The molecule has 0 radical (unpaired) electrons. The molecule has 0 aliphatic carbocycles. The third-order valence-electron chi connectivity index (χ3n) is 2.04. The van der Waals surface area contributed by atoms with Crippen LogP contribution in [0.25, 0.3) is 0 Å². The van der Waals surface area contributed by atoms with Crippen LogP contribution in [0.4, 0.5) is 5.82 Å². The van der Waals surface area contributed by atoms with Crippen molar-refractivity contribution in [2.45, 2.75) is 0 Å². The summed E-state index contributed by atoms with van der Waals surface area (Å²) in [5.74, 6) is -0.750. The second-order valence-corrected chi connectivity index (χ2v) is 3.32. The smallest absolute Gasteiger partial charge is 0.277 e. The predicted octanol–water partition coefficient (Wildman–Crippen LogP) is 0.223. The van der Waals surface area contributed by atoms with Crippen molar-refractivity contribution in [2.75, 3.05) is 5.32 Å². The number of anilines is 1. The van der Waals surface area contributed by atoms with Gasteiger partial charge < -0.3 is 11.1 Å². The molecule has 2 aromatic heterocycles. The second-order valence-electron chi connectivity index (χ2n) is 3.32. The molecule has 2 aromatic rings. The first-order valence-electron chi connectivity index (χ1n) is 5.01. The number of hydrogen-bond donors (Lipinski definition) is 2. The summed E-state index contributed by atoms with van der Waals surface area (Å²) < 4.78 is 0. The molecule has 0 aliphatic heterocycles. The number of primary amides is 1. The molecule has 0 bridgehead atoms. The number of nitrogens with two attached hydrogens (primary N) is 1. The molecule has 2 rings (SSSR count). The van der Waals surface area contributed by atoms with E-state index in [1.165, 1.54) is 6.20 Å². The lowest BCUT2D eigenvalue weighted by Crippen LogP contribution is -2.18. The molecule has 2 heterocycles. The van der Waals surface area contributed by atoms with Crippen molar-refractivity contribution in [3.63, 3.8) is 0 Å². The first kappa shape index (κ1) is 11.6. The maximum Gasteiger partial charge on any atom is 0.277 e. The van der Waals surface area contributed by atoms with E-state index in [4.69, 9.17) is 5.73 Å². The summed E-state index contributed by atoms with van der Waals surface area (Å²) in [7, 11) is 0. The molecule has 18 heavy (non-hydrogen) atoms. The average Bonchev–Trinajstić information content (AvgIpc) is 2.40. The molecule has 0 saturated carbocycles. The number of nitrogens with zero attached hydrogens (tertiary/aromatic N) is 3. The maximum atomic E-state index is 11.7. The van der Waals surface area contributed by atoms with Gasteiger partial charge in [0.25, 0.3) is 11.8 Å². The van der Waals surface area contributed by atoms with Crippen LogP contribution in [0.5, 0.6) is 0 Å². The van der Waals surface area contributed by atoms with Crippen LogP contribution in [0, 0.1) is 0 Å². The highest BCUT2D eigenvalue weighted by atomic mass is 16.2. The highest BCUT2D eigenvalue weighted by molar-refractivity contribution is 6.02. The van der Waals surface area contributed by atoms with Crippen molar-refractivity contribution in [3.05, 3.63) is 48.2 Å². The maximum absolute atomic E-state index is 11.7. The number of aromatic nitrogens is 3. The molecule has 7 heteroatoms. The van der Waals surface area contributed by atoms with E-state index in [2.05, 4.69) is 20.3 Å². The third-order valence-corrected chi connectivity index (χ3v) is 2.04. The van der Waals surface area contributed by atoms with Gasteiger partial charge in [-0.3, -0.25) is 9.59 Å². The van der Waals surface area contributed by atoms with E-state index in [1.807, 2.05) is 0 Å². The largest absolute Gasteiger partial charge is 0.364 e. The van der Waals surface area contributed by atoms with E-state index in [-0.39, 0.29) is 11.4 Å². The van der Waals surface area contributed by atoms with E-state index in [1.54, 1.807) is 24.4 Å². The summed E-state index contributed by atoms with van der Waals surface area (Å²) in [5, 5.41) is 2.54. The molecular formula is C11H9N5O2. The summed E-state index contributed by atoms with van der Waals surface area (Å²) >= 11 is 0. The lowest BCUT2D eigenvalue weighted by atomic mass is 10.3. The van der Waals surface area contributed by atoms with Gasteiger partial charge in [-0.15, -0.1) is 0 Å². The lowest BCUT2D eigenvalue weighted by Gasteiger charge is -2.03. The molecular weight excluding hydrogens is 234 g/mol. The Bertz CT molecular complexity index is 568. The summed E-state index contributed by atoms with van der Waals surface area (Å²) in [5.41, 5.74) is 5.09. The van der Waals surface area contributed by atoms with E-state index < -0.39 is 11.8 Å². The van der Waals surface area contributed by atoms with Crippen LogP contribution < -0.4 is 11.1 Å². The van der Waals surface area contributed by atoms with E-state index >= 15 is 0 Å². The van der Waals surface area contributed by atoms with Gasteiger partial charge in [-0.1, -0.05) is 6.07 Å². The Labute approximate surface area is 102 Å². The van der Waals surface area contributed by atoms with Crippen molar-refractivity contribution >= 4 is 17.6 Å².